The maximum Gasteiger partial charge on any atom is 0.292 e. The van der Waals surface area contributed by atoms with Gasteiger partial charge in [0.05, 0.1) is 17.0 Å². The molecule has 1 aliphatic rings. The van der Waals surface area contributed by atoms with Gasteiger partial charge in [0.25, 0.3) is 11.6 Å². The highest BCUT2D eigenvalue weighted by atomic mass is 19.1. The summed E-state index contributed by atoms with van der Waals surface area (Å²) in [6.07, 6.45) is 0. The van der Waals surface area contributed by atoms with Crippen LogP contribution in [0.15, 0.2) is 42.5 Å². The van der Waals surface area contributed by atoms with Crippen molar-refractivity contribution in [2.45, 2.75) is 0 Å². The minimum absolute atomic E-state index is 0.000800. The molecule has 0 saturated carbocycles. The first-order chi connectivity index (χ1) is 13.9. The molecule has 2 amide bonds. The van der Waals surface area contributed by atoms with E-state index in [2.05, 4.69) is 5.32 Å². The summed E-state index contributed by atoms with van der Waals surface area (Å²) >= 11 is 0. The van der Waals surface area contributed by atoms with Crippen molar-refractivity contribution in [3.63, 3.8) is 0 Å². The first-order valence-corrected chi connectivity index (χ1v) is 8.86. The zero-order valence-electron chi connectivity index (χ0n) is 15.3. The first-order valence-electron chi connectivity index (χ1n) is 8.86. The number of nitrogens with one attached hydrogen (secondary N) is 1. The maximum absolute atomic E-state index is 13.6. The number of hydrogen-bond donors (Lipinski definition) is 1. The number of rotatable bonds is 5. The molecule has 0 unspecified atom stereocenters. The fourth-order valence-electron chi connectivity index (χ4n) is 3.12. The van der Waals surface area contributed by atoms with Gasteiger partial charge in [0, 0.05) is 38.3 Å². The van der Waals surface area contributed by atoms with Crippen LogP contribution in [0.25, 0.3) is 0 Å². The van der Waals surface area contributed by atoms with Crippen molar-refractivity contribution in [3.8, 4) is 0 Å². The summed E-state index contributed by atoms with van der Waals surface area (Å²) in [5.74, 6) is -2.97. The molecular weight excluding hydrogens is 386 g/mol. The Kier molecular flexibility index (Phi) is 6.01. The van der Waals surface area contributed by atoms with Crippen molar-refractivity contribution in [2.24, 2.45) is 0 Å². The molecule has 3 rings (SSSR count). The lowest BCUT2D eigenvalue weighted by Crippen LogP contribution is -2.51. The van der Waals surface area contributed by atoms with Crippen LogP contribution in [0.3, 0.4) is 0 Å². The molecule has 152 valence electrons. The number of para-hydroxylation sites is 2. The number of piperazine rings is 1. The van der Waals surface area contributed by atoms with Crippen molar-refractivity contribution < 1.29 is 23.3 Å². The molecule has 2 aromatic carbocycles. The molecule has 1 heterocycles. The highest BCUT2D eigenvalue weighted by Crippen LogP contribution is 2.28. The predicted octanol–water partition coefficient (Wildman–Crippen LogP) is 1.95. The number of halogens is 2. The van der Waals surface area contributed by atoms with E-state index in [-0.39, 0.29) is 23.7 Å². The Labute approximate surface area is 164 Å². The summed E-state index contributed by atoms with van der Waals surface area (Å²) in [5.41, 5.74) is 0.144. The van der Waals surface area contributed by atoms with Crippen LogP contribution in [-0.4, -0.2) is 54.4 Å². The quantitative estimate of drug-likeness (QED) is 0.607. The van der Waals surface area contributed by atoms with E-state index in [0.29, 0.717) is 37.9 Å². The van der Waals surface area contributed by atoms with E-state index in [1.807, 2.05) is 4.90 Å². The van der Waals surface area contributed by atoms with Gasteiger partial charge >= 0.3 is 0 Å². The first kappa shape index (κ1) is 20.2. The van der Waals surface area contributed by atoms with E-state index < -0.39 is 22.5 Å². The molecule has 29 heavy (non-hydrogen) atoms. The number of amides is 2. The zero-order chi connectivity index (χ0) is 21.0. The summed E-state index contributed by atoms with van der Waals surface area (Å²) in [5, 5.41) is 13.5. The lowest BCUT2D eigenvalue weighted by atomic mass is 10.2. The Morgan fingerprint density at radius 1 is 1.07 bits per heavy atom. The van der Waals surface area contributed by atoms with Crippen LogP contribution in [0, 0.1) is 21.7 Å². The van der Waals surface area contributed by atoms with Crippen LogP contribution in [0.4, 0.5) is 20.2 Å². The van der Waals surface area contributed by atoms with Gasteiger partial charge in [0.2, 0.25) is 5.91 Å². The van der Waals surface area contributed by atoms with E-state index in [4.69, 9.17) is 0 Å². The van der Waals surface area contributed by atoms with E-state index >= 15 is 0 Å². The number of anilines is 1. The number of benzene rings is 2. The van der Waals surface area contributed by atoms with E-state index in [0.717, 1.165) is 12.1 Å². The molecular formula is C19H18F2N4O4. The molecule has 1 saturated heterocycles. The summed E-state index contributed by atoms with van der Waals surface area (Å²) in [7, 11) is 0. The second-order valence-electron chi connectivity index (χ2n) is 6.42. The second-order valence-corrected chi connectivity index (χ2v) is 6.42. The maximum atomic E-state index is 13.6. The Bertz CT molecular complexity index is 946. The molecule has 0 atom stereocenters. The molecule has 8 nitrogen and oxygen atoms in total. The number of nitro groups is 1. The van der Waals surface area contributed by atoms with Crippen molar-refractivity contribution in [2.75, 3.05) is 37.6 Å². The standard InChI is InChI=1S/C19H18F2N4O4/c20-13-5-6-14(15(21)11-13)19(27)22-12-18(26)24-9-7-23(8-10-24)16-3-1-2-4-17(16)25(28)29/h1-6,11H,7-10,12H2,(H,22,27). The second kappa shape index (κ2) is 8.63. The smallest absolute Gasteiger partial charge is 0.292 e. The van der Waals surface area contributed by atoms with Crippen molar-refractivity contribution in [1.29, 1.82) is 0 Å². The summed E-state index contributed by atoms with van der Waals surface area (Å²) in [6.45, 7) is 1.12. The number of carbonyl (C=O) groups excluding carboxylic acids is 2. The molecule has 0 spiro atoms. The van der Waals surface area contributed by atoms with Gasteiger partial charge < -0.3 is 15.1 Å². The summed E-state index contributed by atoms with van der Waals surface area (Å²) < 4.78 is 26.5. The molecule has 1 N–H and O–H groups in total. The molecule has 0 aliphatic carbocycles. The molecule has 0 aromatic heterocycles. The Hall–Kier alpha value is -3.56. The van der Waals surface area contributed by atoms with Gasteiger partial charge in [-0.15, -0.1) is 0 Å². The van der Waals surface area contributed by atoms with Gasteiger partial charge in [-0.25, -0.2) is 8.78 Å². The highest BCUT2D eigenvalue weighted by molar-refractivity contribution is 5.96. The van der Waals surface area contributed by atoms with Crippen LogP contribution >= 0.6 is 0 Å². The SMILES string of the molecule is O=C(NCC(=O)N1CCN(c2ccccc2[N+](=O)[O-])CC1)c1ccc(F)cc1F. The lowest BCUT2D eigenvalue weighted by molar-refractivity contribution is -0.384. The number of nitrogens with zero attached hydrogens (tertiary/aromatic N) is 3. The minimum atomic E-state index is -1.01. The molecule has 10 heteroatoms. The molecule has 1 aliphatic heterocycles. The number of carbonyl (C=O) groups is 2. The van der Waals surface area contributed by atoms with Crippen LogP contribution in [0.5, 0.6) is 0 Å². The monoisotopic (exact) mass is 404 g/mol. The molecule has 2 aromatic rings. The lowest BCUT2D eigenvalue weighted by Gasteiger charge is -2.35. The van der Waals surface area contributed by atoms with Crippen LogP contribution in [-0.2, 0) is 4.79 Å². The van der Waals surface area contributed by atoms with Crippen LogP contribution in [0.1, 0.15) is 10.4 Å². The van der Waals surface area contributed by atoms with Crippen LogP contribution < -0.4 is 10.2 Å². The Morgan fingerprint density at radius 2 is 1.76 bits per heavy atom. The molecule has 1 fully saturated rings. The largest absolute Gasteiger partial charge is 0.362 e. The van der Waals surface area contributed by atoms with E-state index in [1.54, 1.807) is 18.2 Å². The summed E-state index contributed by atoms with van der Waals surface area (Å²) in [6, 6.07) is 8.96. The van der Waals surface area contributed by atoms with E-state index in [9.17, 15) is 28.5 Å². The Morgan fingerprint density at radius 3 is 2.41 bits per heavy atom. The minimum Gasteiger partial charge on any atom is -0.362 e. The topological polar surface area (TPSA) is 95.8 Å². The van der Waals surface area contributed by atoms with Crippen molar-refractivity contribution in [1.82, 2.24) is 10.2 Å². The van der Waals surface area contributed by atoms with Crippen molar-refractivity contribution in [3.05, 3.63) is 69.8 Å². The highest BCUT2D eigenvalue weighted by Gasteiger charge is 2.25. The zero-order valence-corrected chi connectivity index (χ0v) is 15.3. The fourth-order valence-corrected chi connectivity index (χ4v) is 3.12. The number of nitro benzene ring substituents is 1. The fraction of sp³-hybridized carbons (Fsp3) is 0.263. The van der Waals surface area contributed by atoms with Gasteiger partial charge in [-0.3, -0.25) is 19.7 Å². The predicted molar refractivity (Wildman–Crippen MR) is 101 cm³/mol. The molecule has 0 radical (unpaired) electrons. The Balaban J connectivity index is 1.54. The average Bonchev–Trinajstić information content (AvgIpc) is 2.72. The third kappa shape index (κ3) is 4.65. The average molecular weight is 404 g/mol. The van der Waals surface area contributed by atoms with Gasteiger partial charge in [-0.05, 0) is 18.2 Å². The molecule has 0 bridgehead atoms. The van der Waals surface area contributed by atoms with E-state index in [1.165, 1.54) is 11.0 Å². The van der Waals surface area contributed by atoms with Gasteiger partial charge in [-0.1, -0.05) is 12.1 Å². The third-order valence-electron chi connectivity index (χ3n) is 4.63. The van der Waals surface area contributed by atoms with Gasteiger partial charge in [0.15, 0.2) is 0 Å². The summed E-state index contributed by atoms with van der Waals surface area (Å²) in [4.78, 5) is 38.4. The van der Waals surface area contributed by atoms with Crippen molar-refractivity contribution >= 4 is 23.2 Å². The number of hydrogen-bond acceptors (Lipinski definition) is 5. The van der Waals surface area contributed by atoms with Gasteiger partial charge in [0.1, 0.15) is 17.3 Å². The third-order valence-corrected chi connectivity index (χ3v) is 4.63. The van der Waals surface area contributed by atoms with Gasteiger partial charge in [-0.2, -0.15) is 0 Å². The normalized spacial score (nSPS) is 13.9. The van der Waals surface area contributed by atoms with Crippen LogP contribution in [0.2, 0.25) is 0 Å².